The molecule has 1 atom stereocenters. The van der Waals surface area contributed by atoms with Crippen LogP contribution < -0.4 is 22.1 Å². The van der Waals surface area contributed by atoms with Crippen molar-refractivity contribution in [3.8, 4) is 0 Å². The molecule has 184 valence electrons. The molecular weight excluding hydrogens is 454 g/mol. The van der Waals surface area contributed by atoms with Crippen molar-refractivity contribution in [1.82, 2.24) is 20.3 Å². The average molecular weight is 482 g/mol. The van der Waals surface area contributed by atoms with Crippen molar-refractivity contribution < 1.29 is 24.6 Å². The van der Waals surface area contributed by atoms with Gasteiger partial charge < -0.3 is 32.3 Å². The third-order valence-corrected chi connectivity index (χ3v) is 5.53. The molecule has 1 aromatic carbocycles. The van der Waals surface area contributed by atoms with Crippen LogP contribution >= 0.6 is 0 Å². The van der Waals surface area contributed by atoms with E-state index in [0.29, 0.717) is 24.0 Å². The van der Waals surface area contributed by atoms with Crippen molar-refractivity contribution in [3.05, 3.63) is 46.6 Å². The third-order valence-electron chi connectivity index (χ3n) is 5.53. The van der Waals surface area contributed by atoms with E-state index in [9.17, 15) is 19.5 Å². The Morgan fingerprint density at radius 3 is 2.31 bits per heavy atom. The molecule has 0 aliphatic rings. The van der Waals surface area contributed by atoms with Gasteiger partial charge in [-0.2, -0.15) is 9.97 Å². The van der Waals surface area contributed by atoms with Crippen LogP contribution in [0.25, 0.3) is 11.0 Å². The maximum absolute atomic E-state index is 12.4. The fourth-order valence-corrected chi connectivity index (χ4v) is 3.77. The van der Waals surface area contributed by atoms with Crippen LogP contribution in [0.2, 0.25) is 0 Å². The molecule has 0 saturated heterocycles. The number of anilines is 3. The number of hydrogen-bond acceptors (Lipinski definition) is 9. The molecule has 0 spiro atoms. The molecule has 0 bridgehead atoms. The number of benzene rings is 1. The van der Waals surface area contributed by atoms with Crippen LogP contribution in [0.15, 0.2) is 24.3 Å². The number of rotatable bonds is 10. The van der Waals surface area contributed by atoms with Crippen molar-refractivity contribution in [3.63, 3.8) is 0 Å². The average Bonchev–Trinajstić information content (AvgIpc) is 2.79. The molecule has 35 heavy (non-hydrogen) atoms. The zero-order chi connectivity index (χ0) is 25.7. The van der Waals surface area contributed by atoms with Crippen LogP contribution in [0.1, 0.15) is 46.9 Å². The lowest BCUT2D eigenvalue weighted by molar-refractivity contribution is -0.140. The quantitative estimate of drug-likeness (QED) is 0.246. The lowest BCUT2D eigenvalue weighted by atomic mass is 10.00. The summed E-state index contributed by atoms with van der Waals surface area (Å²) in [6.07, 6.45) is 0.102. The number of fused-ring (bicyclic) bond motifs is 1. The van der Waals surface area contributed by atoms with E-state index in [1.54, 1.807) is 24.3 Å². The highest BCUT2D eigenvalue weighted by atomic mass is 16.4. The molecule has 0 unspecified atom stereocenters. The topological polar surface area (TPSA) is 206 Å². The first-order valence-corrected chi connectivity index (χ1v) is 10.9. The van der Waals surface area contributed by atoms with Gasteiger partial charge in [0.15, 0.2) is 5.65 Å². The highest BCUT2D eigenvalue weighted by Crippen LogP contribution is 2.28. The molecule has 0 aliphatic heterocycles. The molecule has 1 amide bonds. The second kappa shape index (κ2) is 10.6. The summed E-state index contributed by atoms with van der Waals surface area (Å²) in [5.41, 5.74) is 15.9. The van der Waals surface area contributed by atoms with Crippen molar-refractivity contribution in [2.45, 2.75) is 45.7 Å². The van der Waals surface area contributed by atoms with Crippen molar-refractivity contribution in [2.75, 3.05) is 16.8 Å². The Kier molecular flexibility index (Phi) is 7.64. The molecule has 3 aromatic rings. The monoisotopic (exact) mass is 481 g/mol. The molecule has 12 nitrogen and oxygen atoms in total. The van der Waals surface area contributed by atoms with Gasteiger partial charge in [-0.3, -0.25) is 9.59 Å². The van der Waals surface area contributed by atoms with Gasteiger partial charge in [-0.15, -0.1) is 0 Å². The van der Waals surface area contributed by atoms with Gasteiger partial charge in [0.05, 0.1) is 5.39 Å². The maximum Gasteiger partial charge on any atom is 0.326 e. The van der Waals surface area contributed by atoms with Gasteiger partial charge in [0, 0.05) is 29.9 Å². The molecular formula is C23H27N7O5. The fraction of sp³-hybridized carbons (Fsp3) is 0.304. The van der Waals surface area contributed by atoms with Crippen LogP contribution in [0.5, 0.6) is 0 Å². The number of aromatic nitrogens is 3. The zero-order valence-electron chi connectivity index (χ0n) is 19.3. The Labute approximate surface area is 200 Å². The standard InChI is InChI=1S/C23H27N7O5/c1-3-14-15(11(2)27-20-18(14)19(24)29-23(25)30-20)10-26-13-6-4-12(5-7-13)21(33)28-16(22(34)35)8-9-17(31)32/h4-7,16,26H,3,8-10H2,1-2H3,(H,28,33)(H,31,32)(H,34,35)(H4,24,25,27,29,30)/t16-/m0/s1. The number of aliphatic carboxylic acids is 2. The van der Waals surface area contributed by atoms with Crippen LogP contribution in [0, 0.1) is 6.92 Å². The van der Waals surface area contributed by atoms with E-state index in [2.05, 4.69) is 25.6 Å². The summed E-state index contributed by atoms with van der Waals surface area (Å²) in [6, 6.07) is 5.19. The lowest BCUT2D eigenvalue weighted by Crippen LogP contribution is -2.41. The molecule has 0 aliphatic carbocycles. The molecule has 0 fully saturated rings. The highest BCUT2D eigenvalue weighted by Gasteiger charge is 2.22. The number of carboxylic acid groups (broad SMARTS) is 2. The minimum absolute atomic E-state index is 0.0653. The van der Waals surface area contributed by atoms with E-state index >= 15 is 0 Å². The lowest BCUT2D eigenvalue weighted by Gasteiger charge is -2.16. The van der Waals surface area contributed by atoms with Crippen LogP contribution in [-0.4, -0.2) is 49.1 Å². The fourth-order valence-electron chi connectivity index (χ4n) is 3.77. The summed E-state index contributed by atoms with van der Waals surface area (Å²) in [5.74, 6) is -2.69. The number of pyridine rings is 1. The summed E-state index contributed by atoms with van der Waals surface area (Å²) >= 11 is 0. The number of nitrogens with zero attached hydrogens (tertiary/aromatic N) is 3. The van der Waals surface area contributed by atoms with E-state index < -0.39 is 23.9 Å². The van der Waals surface area contributed by atoms with Gasteiger partial charge >= 0.3 is 11.9 Å². The first kappa shape index (κ1) is 25.1. The molecule has 8 N–H and O–H groups in total. The third kappa shape index (κ3) is 5.91. The molecule has 12 heteroatoms. The van der Waals surface area contributed by atoms with Crippen LogP contribution in [0.3, 0.4) is 0 Å². The van der Waals surface area contributed by atoms with Gasteiger partial charge in [-0.05, 0) is 55.2 Å². The predicted molar refractivity (Wildman–Crippen MR) is 130 cm³/mol. The molecule has 3 rings (SSSR count). The van der Waals surface area contributed by atoms with Gasteiger partial charge in [0.1, 0.15) is 11.9 Å². The highest BCUT2D eigenvalue weighted by molar-refractivity contribution is 5.97. The summed E-state index contributed by atoms with van der Waals surface area (Å²) in [6.45, 7) is 4.31. The Hall–Kier alpha value is -4.48. The number of carbonyl (C=O) groups is 3. The van der Waals surface area contributed by atoms with Crippen LogP contribution in [0.4, 0.5) is 17.5 Å². The first-order valence-electron chi connectivity index (χ1n) is 10.9. The second-order valence-corrected chi connectivity index (χ2v) is 7.90. The summed E-state index contributed by atoms with van der Waals surface area (Å²) in [7, 11) is 0. The molecule has 2 aromatic heterocycles. The van der Waals surface area contributed by atoms with E-state index in [4.69, 9.17) is 16.6 Å². The Bertz CT molecular complexity index is 1280. The SMILES string of the molecule is CCc1c(CNc2ccc(C(=O)N[C@@H](CCC(=O)O)C(=O)O)cc2)c(C)nc2nc(N)nc(N)c12. The number of nitrogens with one attached hydrogen (secondary N) is 2. The first-order chi connectivity index (χ1) is 16.6. The van der Waals surface area contributed by atoms with E-state index in [0.717, 1.165) is 22.5 Å². The summed E-state index contributed by atoms with van der Waals surface area (Å²) in [4.78, 5) is 47.2. The molecule has 0 radical (unpaired) electrons. The zero-order valence-corrected chi connectivity index (χ0v) is 19.3. The van der Waals surface area contributed by atoms with Gasteiger partial charge in [-0.25, -0.2) is 9.78 Å². The van der Waals surface area contributed by atoms with Crippen molar-refractivity contribution in [1.29, 1.82) is 0 Å². The van der Waals surface area contributed by atoms with Crippen molar-refractivity contribution >= 4 is 46.3 Å². The normalized spacial score (nSPS) is 11.7. The Morgan fingerprint density at radius 2 is 1.71 bits per heavy atom. The number of nitrogens with two attached hydrogens (primary N) is 2. The van der Waals surface area contributed by atoms with Gasteiger partial charge in [0.25, 0.3) is 5.91 Å². The molecule has 2 heterocycles. The van der Waals surface area contributed by atoms with Crippen LogP contribution in [-0.2, 0) is 22.6 Å². The maximum atomic E-state index is 12.4. The minimum atomic E-state index is -1.29. The number of carboxylic acids is 2. The van der Waals surface area contributed by atoms with E-state index in [1.165, 1.54) is 0 Å². The minimum Gasteiger partial charge on any atom is -0.481 e. The van der Waals surface area contributed by atoms with Gasteiger partial charge in [0.2, 0.25) is 5.95 Å². The summed E-state index contributed by atoms with van der Waals surface area (Å²) < 4.78 is 0. The number of aryl methyl sites for hydroxylation is 2. The largest absolute Gasteiger partial charge is 0.481 e. The number of carbonyl (C=O) groups excluding carboxylic acids is 1. The smallest absolute Gasteiger partial charge is 0.326 e. The number of nitrogen functional groups attached to an aromatic ring is 2. The second-order valence-electron chi connectivity index (χ2n) is 7.90. The Morgan fingerprint density at radius 1 is 1.03 bits per heavy atom. The molecule has 0 saturated carbocycles. The van der Waals surface area contributed by atoms with Crippen molar-refractivity contribution in [2.24, 2.45) is 0 Å². The van der Waals surface area contributed by atoms with E-state index in [1.807, 2.05) is 13.8 Å². The van der Waals surface area contributed by atoms with Gasteiger partial charge in [-0.1, -0.05) is 6.92 Å². The summed E-state index contributed by atoms with van der Waals surface area (Å²) in [5, 5.41) is 24.3. The number of hydrogen-bond donors (Lipinski definition) is 6. The Balaban J connectivity index is 1.74. The van der Waals surface area contributed by atoms with E-state index in [-0.39, 0.29) is 30.2 Å². The number of amides is 1. The predicted octanol–water partition coefficient (Wildman–Crippen LogP) is 1.72.